The Balaban J connectivity index is 2.51. The van der Waals surface area contributed by atoms with Gasteiger partial charge in [-0.1, -0.05) is 0 Å². The van der Waals surface area contributed by atoms with Crippen LogP contribution in [-0.4, -0.2) is 50.3 Å². The molecule has 1 saturated carbocycles. The highest BCUT2D eigenvalue weighted by molar-refractivity contribution is 5.84. The first-order valence-electron chi connectivity index (χ1n) is 5.31. The molecular formula is C10H13NO6. The molecule has 94 valence electrons. The van der Waals surface area contributed by atoms with Gasteiger partial charge in [-0.2, -0.15) is 0 Å². The molecule has 0 bridgehead atoms. The summed E-state index contributed by atoms with van der Waals surface area (Å²) in [6.45, 7) is 0. The van der Waals surface area contributed by atoms with Crippen LogP contribution >= 0.6 is 0 Å². The number of carboxylic acid groups (broad SMARTS) is 2. The zero-order valence-electron chi connectivity index (χ0n) is 9.00. The monoisotopic (exact) mass is 243 g/mol. The maximum Gasteiger partial charge on any atom is 0.326 e. The van der Waals surface area contributed by atoms with E-state index in [0.29, 0.717) is 6.42 Å². The highest BCUT2D eigenvalue weighted by atomic mass is 16.4. The molecule has 17 heavy (non-hydrogen) atoms. The van der Waals surface area contributed by atoms with Crippen molar-refractivity contribution in [2.75, 3.05) is 0 Å². The van der Waals surface area contributed by atoms with Crippen molar-refractivity contribution < 1.29 is 29.7 Å². The van der Waals surface area contributed by atoms with Crippen LogP contribution in [0, 0.1) is 5.41 Å². The Morgan fingerprint density at radius 2 is 1.94 bits per heavy atom. The van der Waals surface area contributed by atoms with Crippen LogP contribution in [0.5, 0.6) is 0 Å². The van der Waals surface area contributed by atoms with Crippen molar-refractivity contribution in [3.05, 3.63) is 0 Å². The molecule has 0 radical (unpaired) electrons. The lowest BCUT2D eigenvalue weighted by Gasteiger charge is -2.36. The van der Waals surface area contributed by atoms with Crippen LogP contribution < -0.4 is 0 Å². The van der Waals surface area contributed by atoms with E-state index in [1.807, 2.05) is 0 Å². The molecule has 1 amide bonds. The van der Waals surface area contributed by atoms with Gasteiger partial charge < -0.3 is 20.2 Å². The average molecular weight is 243 g/mol. The van der Waals surface area contributed by atoms with Gasteiger partial charge in [0.2, 0.25) is 6.41 Å². The number of carbonyl (C=O) groups is 3. The molecule has 2 aliphatic rings. The maximum atomic E-state index is 11.3. The topological polar surface area (TPSA) is 115 Å². The zero-order valence-corrected chi connectivity index (χ0v) is 9.00. The molecule has 2 rings (SSSR count). The molecule has 2 unspecified atom stereocenters. The number of likely N-dealkylation sites (tertiary alicyclic amines) is 1. The summed E-state index contributed by atoms with van der Waals surface area (Å²) in [5.74, 6) is -2.53. The molecule has 1 saturated heterocycles. The number of hydrogen-bond donors (Lipinski definition) is 3. The fourth-order valence-corrected chi connectivity index (χ4v) is 3.14. The van der Waals surface area contributed by atoms with Gasteiger partial charge in [-0.3, -0.25) is 9.59 Å². The first-order chi connectivity index (χ1) is 7.89. The molecule has 0 spiro atoms. The fraction of sp³-hybridized carbons (Fsp3) is 0.700. The SMILES string of the molecule is O=CN1[C@H](C(=O)O)CC2(C(=O)O)CCCC12O. The third-order valence-electron chi connectivity index (χ3n) is 4.01. The second kappa shape index (κ2) is 3.43. The van der Waals surface area contributed by atoms with Gasteiger partial charge in [0.05, 0.1) is 0 Å². The minimum Gasteiger partial charge on any atom is -0.481 e. The maximum absolute atomic E-state index is 11.3. The van der Waals surface area contributed by atoms with E-state index in [-0.39, 0.29) is 25.7 Å². The number of amides is 1. The summed E-state index contributed by atoms with van der Waals surface area (Å²) in [4.78, 5) is 34.0. The normalized spacial score (nSPS) is 40.1. The number of aliphatic carboxylic acids is 2. The number of hydrogen-bond acceptors (Lipinski definition) is 4. The predicted octanol–water partition coefficient (Wildman–Crippen LogP) is -0.755. The molecule has 0 aromatic rings. The zero-order chi connectivity index (χ0) is 12.8. The number of rotatable bonds is 3. The molecule has 0 aromatic carbocycles. The summed E-state index contributed by atoms with van der Waals surface area (Å²) in [6.07, 6.45) is 0.732. The van der Waals surface area contributed by atoms with Gasteiger partial charge in [-0.05, 0) is 25.7 Å². The van der Waals surface area contributed by atoms with Gasteiger partial charge in [0, 0.05) is 0 Å². The quantitative estimate of drug-likeness (QED) is 0.561. The number of carboxylic acids is 2. The van der Waals surface area contributed by atoms with E-state index in [1.54, 1.807) is 0 Å². The van der Waals surface area contributed by atoms with Crippen LogP contribution in [0.3, 0.4) is 0 Å². The van der Waals surface area contributed by atoms with Crippen molar-refractivity contribution in [2.24, 2.45) is 5.41 Å². The standard InChI is InChI=1S/C10H13NO6/c12-5-11-6(7(13)14)4-9(8(15)16)2-1-3-10(9,11)17/h5-6,17H,1-4H2,(H,13,14)(H,15,16)/t6-,9?,10?/m0/s1. The number of aliphatic hydroxyl groups is 1. The number of nitrogens with zero attached hydrogens (tertiary/aromatic N) is 1. The molecule has 3 N–H and O–H groups in total. The van der Waals surface area contributed by atoms with Crippen LogP contribution in [-0.2, 0) is 14.4 Å². The molecule has 7 heteroatoms. The van der Waals surface area contributed by atoms with Crippen molar-refractivity contribution in [2.45, 2.75) is 37.5 Å². The molecule has 1 aliphatic carbocycles. The van der Waals surface area contributed by atoms with Crippen molar-refractivity contribution >= 4 is 18.3 Å². The van der Waals surface area contributed by atoms with Gasteiger partial charge in [-0.25, -0.2) is 4.79 Å². The molecule has 0 aromatic heterocycles. The molecule has 1 aliphatic heterocycles. The first-order valence-corrected chi connectivity index (χ1v) is 5.31. The summed E-state index contributed by atoms with van der Waals surface area (Å²) in [5.41, 5.74) is -3.42. The van der Waals surface area contributed by atoms with Crippen LogP contribution in [0.1, 0.15) is 25.7 Å². The smallest absolute Gasteiger partial charge is 0.326 e. The lowest BCUT2D eigenvalue weighted by molar-refractivity contribution is -0.182. The molecule has 2 fully saturated rings. The van der Waals surface area contributed by atoms with Gasteiger partial charge in [0.25, 0.3) is 0 Å². The Kier molecular flexibility index (Phi) is 2.39. The van der Waals surface area contributed by atoms with E-state index >= 15 is 0 Å². The Morgan fingerprint density at radius 3 is 2.41 bits per heavy atom. The van der Waals surface area contributed by atoms with Crippen LogP contribution in [0.2, 0.25) is 0 Å². The fourth-order valence-electron chi connectivity index (χ4n) is 3.14. The second-order valence-electron chi connectivity index (χ2n) is 4.63. The predicted molar refractivity (Wildman–Crippen MR) is 52.8 cm³/mol. The molecular weight excluding hydrogens is 230 g/mol. The van der Waals surface area contributed by atoms with E-state index in [1.165, 1.54) is 0 Å². The lowest BCUT2D eigenvalue weighted by atomic mass is 9.79. The highest BCUT2D eigenvalue weighted by Gasteiger charge is 2.70. The Morgan fingerprint density at radius 1 is 1.29 bits per heavy atom. The minimum atomic E-state index is -1.87. The molecule has 3 atom stereocenters. The number of fused-ring (bicyclic) bond motifs is 1. The average Bonchev–Trinajstić information content (AvgIpc) is 2.67. The van der Waals surface area contributed by atoms with E-state index in [4.69, 9.17) is 5.11 Å². The summed E-state index contributed by atoms with van der Waals surface area (Å²) in [6, 6.07) is -1.27. The van der Waals surface area contributed by atoms with Gasteiger partial charge in [0.1, 0.15) is 11.5 Å². The number of carbonyl (C=O) groups excluding carboxylic acids is 1. The summed E-state index contributed by atoms with van der Waals surface area (Å²) in [5, 5.41) is 28.6. The summed E-state index contributed by atoms with van der Waals surface area (Å²) >= 11 is 0. The van der Waals surface area contributed by atoms with Crippen molar-refractivity contribution in [1.29, 1.82) is 0 Å². The van der Waals surface area contributed by atoms with Gasteiger partial charge >= 0.3 is 11.9 Å². The molecule has 7 nitrogen and oxygen atoms in total. The molecule has 1 heterocycles. The van der Waals surface area contributed by atoms with E-state index in [2.05, 4.69) is 0 Å². The minimum absolute atomic E-state index is 0.0990. The first kappa shape index (κ1) is 11.8. The summed E-state index contributed by atoms with van der Waals surface area (Å²) < 4.78 is 0. The van der Waals surface area contributed by atoms with Crippen LogP contribution in [0.15, 0.2) is 0 Å². The highest BCUT2D eigenvalue weighted by Crippen LogP contribution is 2.57. The third kappa shape index (κ3) is 1.22. The summed E-state index contributed by atoms with van der Waals surface area (Å²) in [7, 11) is 0. The largest absolute Gasteiger partial charge is 0.481 e. The van der Waals surface area contributed by atoms with E-state index in [9.17, 15) is 24.6 Å². The van der Waals surface area contributed by atoms with Crippen molar-refractivity contribution in [3.63, 3.8) is 0 Å². The van der Waals surface area contributed by atoms with Gasteiger partial charge in [-0.15, -0.1) is 0 Å². The van der Waals surface area contributed by atoms with Crippen LogP contribution in [0.25, 0.3) is 0 Å². The van der Waals surface area contributed by atoms with Crippen molar-refractivity contribution in [3.8, 4) is 0 Å². The Bertz CT molecular complexity index is 396. The van der Waals surface area contributed by atoms with Gasteiger partial charge in [0.15, 0.2) is 5.72 Å². The van der Waals surface area contributed by atoms with Crippen LogP contribution in [0.4, 0.5) is 0 Å². The lowest BCUT2D eigenvalue weighted by Crippen LogP contribution is -2.55. The Hall–Kier alpha value is -1.63. The van der Waals surface area contributed by atoms with E-state index < -0.39 is 29.1 Å². The van der Waals surface area contributed by atoms with E-state index in [0.717, 1.165) is 4.90 Å². The van der Waals surface area contributed by atoms with Crippen molar-refractivity contribution in [1.82, 2.24) is 4.90 Å². The Labute approximate surface area is 96.6 Å². The third-order valence-corrected chi connectivity index (χ3v) is 4.01. The second-order valence-corrected chi connectivity index (χ2v) is 4.63.